The molecule has 20 heavy (non-hydrogen) atoms. The van der Waals surface area contributed by atoms with Crippen LogP contribution in [0, 0.1) is 20.2 Å². The van der Waals surface area contributed by atoms with Crippen molar-refractivity contribution in [2.75, 3.05) is 5.73 Å². The van der Waals surface area contributed by atoms with Crippen LogP contribution >= 0.6 is 11.6 Å². The number of hydrogen-bond acceptors (Lipinski definition) is 6. The average molecular weight is 298 g/mol. The zero-order valence-electron chi connectivity index (χ0n) is 9.89. The summed E-state index contributed by atoms with van der Waals surface area (Å²) in [7, 11) is 0. The molecule has 0 aliphatic heterocycles. The number of nitrogens with two attached hydrogens (primary N) is 1. The van der Waals surface area contributed by atoms with Crippen LogP contribution < -0.4 is 5.73 Å². The number of halogens is 1. The Labute approximate surface area is 116 Å². The van der Waals surface area contributed by atoms with Gasteiger partial charge in [0.05, 0.1) is 22.8 Å². The van der Waals surface area contributed by atoms with E-state index in [-0.39, 0.29) is 22.9 Å². The first-order valence-electron chi connectivity index (χ1n) is 5.29. The summed E-state index contributed by atoms with van der Waals surface area (Å²) in [6.45, 7) is 0.0427. The fraction of sp³-hybridized carbons (Fsp3) is 0.100. The molecule has 0 atom stereocenters. The third-order valence-electron chi connectivity index (χ3n) is 2.57. The van der Waals surface area contributed by atoms with E-state index in [1.165, 1.54) is 23.0 Å². The SMILES string of the molecule is Nc1c(Cn2cc(Cl)c([N+](=O)[O-])n2)cccc1[N+](=O)[O-]. The zero-order chi connectivity index (χ0) is 14.9. The van der Waals surface area contributed by atoms with Crippen molar-refractivity contribution in [1.29, 1.82) is 0 Å². The molecule has 0 aliphatic rings. The summed E-state index contributed by atoms with van der Waals surface area (Å²) in [5.74, 6) is -0.476. The van der Waals surface area contributed by atoms with Crippen LogP contribution in [0.1, 0.15) is 5.56 Å². The van der Waals surface area contributed by atoms with E-state index in [0.717, 1.165) is 0 Å². The van der Waals surface area contributed by atoms with Gasteiger partial charge in [-0.25, -0.2) is 0 Å². The van der Waals surface area contributed by atoms with Gasteiger partial charge in [-0.3, -0.25) is 10.1 Å². The number of anilines is 1. The molecule has 2 aromatic rings. The van der Waals surface area contributed by atoms with E-state index >= 15 is 0 Å². The number of aromatic nitrogens is 2. The van der Waals surface area contributed by atoms with E-state index in [2.05, 4.69) is 5.10 Å². The number of nitro groups is 2. The van der Waals surface area contributed by atoms with Gasteiger partial charge in [0.2, 0.25) is 0 Å². The summed E-state index contributed by atoms with van der Waals surface area (Å²) in [6.07, 6.45) is 1.26. The maximum absolute atomic E-state index is 10.8. The van der Waals surface area contributed by atoms with Gasteiger partial charge >= 0.3 is 5.82 Å². The molecule has 104 valence electrons. The van der Waals surface area contributed by atoms with Crippen LogP contribution in [-0.2, 0) is 6.54 Å². The number of para-hydroxylation sites is 1. The number of nitrogens with zero attached hydrogens (tertiary/aromatic N) is 4. The molecule has 0 spiro atoms. The topological polar surface area (TPSA) is 130 Å². The maximum Gasteiger partial charge on any atom is 0.408 e. The lowest BCUT2D eigenvalue weighted by molar-refractivity contribution is -0.389. The minimum absolute atomic E-state index is 0.00762. The highest BCUT2D eigenvalue weighted by molar-refractivity contribution is 6.32. The van der Waals surface area contributed by atoms with Gasteiger partial charge in [0.1, 0.15) is 5.69 Å². The minimum Gasteiger partial charge on any atom is -0.393 e. The van der Waals surface area contributed by atoms with E-state index in [4.69, 9.17) is 17.3 Å². The van der Waals surface area contributed by atoms with E-state index in [0.29, 0.717) is 5.56 Å². The van der Waals surface area contributed by atoms with E-state index in [1.807, 2.05) is 0 Å². The van der Waals surface area contributed by atoms with Crippen LogP contribution in [0.3, 0.4) is 0 Å². The second-order valence-corrected chi connectivity index (χ2v) is 4.27. The Morgan fingerprint density at radius 1 is 1.30 bits per heavy atom. The van der Waals surface area contributed by atoms with E-state index < -0.39 is 15.7 Å². The molecule has 0 amide bonds. The molecule has 9 nitrogen and oxygen atoms in total. The second kappa shape index (κ2) is 5.13. The summed E-state index contributed by atoms with van der Waals surface area (Å²) in [5, 5.41) is 25.0. The largest absolute Gasteiger partial charge is 0.408 e. The molecule has 10 heteroatoms. The minimum atomic E-state index is -0.713. The van der Waals surface area contributed by atoms with Crippen molar-refractivity contribution >= 4 is 28.8 Å². The molecule has 0 bridgehead atoms. The highest BCUT2D eigenvalue weighted by atomic mass is 35.5. The number of hydrogen-bond donors (Lipinski definition) is 1. The Bertz CT molecular complexity index is 699. The molecule has 2 N–H and O–H groups in total. The average Bonchev–Trinajstić information content (AvgIpc) is 2.72. The standard InChI is InChI=1S/C10H8ClN5O4/c11-7-5-14(13-10(7)16(19)20)4-6-2-1-3-8(9(6)12)15(17)18/h1-3,5H,4,12H2. The van der Waals surface area contributed by atoms with Gasteiger partial charge in [-0.15, -0.1) is 0 Å². The molecule has 0 fully saturated rings. The molecule has 2 rings (SSSR count). The quantitative estimate of drug-likeness (QED) is 0.521. The first-order chi connectivity index (χ1) is 9.40. The highest BCUT2D eigenvalue weighted by Gasteiger charge is 2.21. The van der Waals surface area contributed by atoms with Crippen molar-refractivity contribution in [3.8, 4) is 0 Å². The molecular weight excluding hydrogens is 290 g/mol. The zero-order valence-corrected chi connectivity index (χ0v) is 10.6. The van der Waals surface area contributed by atoms with Crippen molar-refractivity contribution < 1.29 is 9.85 Å². The van der Waals surface area contributed by atoms with Crippen LogP contribution in [0.15, 0.2) is 24.4 Å². The third kappa shape index (κ3) is 2.52. The van der Waals surface area contributed by atoms with Crippen LogP contribution in [0.25, 0.3) is 0 Å². The molecule has 0 saturated heterocycles. The monoisotopic (exact) mass is 297 g/mol. The number of nitro benzene ring substituents is 1. The molecule has 0 unspecified atom stereocenters. The summed E-state index contributed by atoms with van der Waals surface area (Å²) < 4.78 is 1.20. The Balaban J connectivity index is 2.35. The van der Waals surface area contributed by atoms with Crippen molar-refractivity contribution in [3.63, 3.8) is 0 Å². The lowest BCUT2D eigenvalue weighted by Gasteiger charge is -2.03. The predicted octanol–water partition coefficient (Wildman–Crippen LogP) is 1.98. The molecule has 0 aliphatic carbocycles. The predicted molar refractivity (Wildman–Crippen MR) is 70.5 cm³/mol. The molecular formula is C10H8ClN5O4. The van der Waals surface area contributed by atoms with Gasteiger partial charge in [-0.2, -0.15) is 4.68 Å². The van der Waals surface area contributed by atoms with Gasteiger partial charge in [-0.05, 0) is 4.92 Å². The Morgan fingerprint density at radius 3 is 2.55 bits per heavy atom. The third-order valence-corrected chi connectivity index (χ3v) is 2.84. The molecule has 1 heterocycles. The van der Waals surface area contributed by atoms with Crippen molar-refractivity contribution in [1.82, 2.24) is 9.78 Å². The fourth-order valence-electron chi connectivity index (χ4n) is 1.66. The Morgan fingerprint density at radius 2 is 2.00 bits per heavy atom. The number of nitrogen functional groups attached to an aromatic ring is 1. The van der Waals surface area contributed by atoms with Crippen LogP contribution in [0.2, 0.25) is 5.02 Å². The van der Waals surface area contributed by atoms with E-state index in [9.17, 15) is 20.2 Å². The lowest BCUT2D eigenvalue weighted by Crippen LogP contribution is -2.06. The van der Waals surface area contributed by atoms with Crippen molar-refractivity contribution in [3.05, 3.63) is 55.2 Å². The summed E-state index contributed by atoms with van der Waals surface area (Å²) >= 11 is 5.66. The summed E-state index contributed by atoms with van der Waals surface area (Å²) in [4.78, 5) is 20.1. The van der Waals surface area contributed by atoms with E-state index in [1.54, 1.807) is 6.07 Å². The highest BCUT2D eigenvalue weighted by Crippen LogP contribution is 2.27. The van der Waals surface area contributed by atoms with Crippen molar-refractivity contribution in [2.45, 2.75) is 6.54 Å². The lowest BCUT2D eigenvalue weighted by atomic mass is 10.1. The second-order valence-electron chi connectivity index (χ2n) is 3.86. The number of rotatable bonds is 4. The molecule has 1 aromatic carbocycles. The first kappa shape index (κ1) is 13.7. The summed E-state index contributed by atoms with van der Waals surface area (Å²) in [6, 6.07) is 4.32. The van der Waals surface area contributed by atoms with Gasteiger partial charge in [0.25, 0.3) is 5.69 Å². The first-order valence-corrected chi connectivity index (χ1v) is 5.67. The molecule has 0 radical (unpaired) electrons. The Kier molecular flexibility index (Phi) is 3.53. The van der Waals surface area contributed by atoms with Gasteiger partial charge in [0, 0.05) is 11.6 Å². The normalized spacial score (nSPS) is 10.4. The van der Waals surface area contributed by atoms with Gasteiger partial charge in [0.15, 0.2) is 5.02 Å². The molecule has 0 saturated carbocycles. The van der Waals surface area contributed by atoms with Crippen LogP contribution in [0.4, 0.5) is 17.2 Å². The van der Waals surface area contributed by atoms with Crippen LogP contribution in [0.5, 0.6) is 0 Å². The summed E-state index contributed by atoms with van der Waals surface area (Å²) in [5.41, 5.74) is 5.88. The van der Waals surface area contributed by atoms with Gasteiger partial charge in [-0.1, -0.05) is 23.7 Å². The van der Waals surface area contributed by atoms with Crippen LogP contribution in [-0.4, -0.2) is 19.6 Å². The maximum atomic E-state index is 10.8. The number of benzene rings is 1. The van der Waals surface area contributed by atoms with Gasteiger partial charge < -0.3 is 15.8 Å². The Hall–Kier alpha value is -2.68. The fourth-order valence-corrected chi connectivity index (χ4v) is 1.88. The van der Waals surface area contributed by atoms with Crippen molar-refractivity contribution in [2.24, 2.45) is 0 Å². The smallest absolute Gasteiger partial charge is 0.393 e. The molecule has 1 aromatic heterocycles.